The molecule has 2 aliphatic heterocycles. The van der Waals surface area contributed by atoms with Gasteiger partial charge in [-0.3, -0.25) is 14.5 Å². The molecule has 1 aromatic rings. The van der Waals surface area contributed by atoms with E-state index in [9.17, 15) is 4.79 Å². The largest absolute Gasteiger partial charge is 0.380 e. The molecule has 8 nitrogen and oxygen atoms in total. The number of carbonyl (C=O) groups is 1. The van der Waals surface area contributed by atoms with E-state index in [2.05, 4.69) is 22.3 Å². The average molecular weight is 448 g/mol. The van der Waals surface area contributed by atoms with Gasteiger partial charge in [0.05, 0.1) is 25.1 Å². The maximum Gasteiger partial charge on any atom is 0.246 e. The Bertz CT molecular complexity index is 613. The maximum absolute atomic E-state index is 12.4. The molecule has 0 bridgehead atoms. The van der Waals surface area contributed by atoms with Gasteiger partial charge in [0.15, 0.2) is 5.96 Å². The molecule has 3 heterocycles. The highest BCUT2D eigenvalue weighted by Crippen LogP contribution is 2.25. The summed E-state index contributed by atoms with van der Waals surface area (Å²) in [6.45, 7) is 6.22. The van der Waals surface area contributed by atoms with Crippen LogP contribution in [-0.2, 0) is 16.6 Å². The second kappa shape index (κ2) is 7.68. The normalized spacial score (nSPS) is 20.5. The van der Waals surface area contributed by atoms with Crippen molar-refractivity contribution >= 4 is 41.5 Å². The number of aliphatic imine (C=N–C) groups is 1. The van der Waals surface area contributed by atoms with Crippen LogP contribution < -0.4 is 10.2 Å². The van der Waals surface area contributed by atoms with E-state index >= 15 is 0 Å². The predicted molar refractivity (Wildman–Crippen MR) is 103 cm³/mol. The summed E-state index contributed by atoms with van der Waals surface area (Å²) in [6.07, 6.45) is 3.58. The Morgan fingerprint density at radius 1 is 1.46 bits per heavy atom. The second-order valence-corrected chi connectivity index (χ2v) is 6.54. The molecule has 1 aromatic heterocycles. The number of amides is 1. The highest BCUT2D eigenvalue weighted by Gasteiger charge is 2.34. The van der Waals surface area contributed by atoms with Crippen molar-refractivity contribution in [3.63, 3.8) is 0 Å². The summed E-state index contributed by atoms with van der Waals surface area (Å²) in [6, 6.07) is 0. The van der Waals surface area contributed by atoms with E-state index in [1.807, 2.05) is 18.1 Å². The third-order valence-electron chi connectivity index (χ3n) is 4.31. The highest BCUT2D eigenvalue weighted by molar-refractivity contribution is 14.0. The Kier molecular flexibility index (Phi) is 6.07. The topological polar surface area (TPSA) is 75.0 Å². The molecule has 24 heavy (non-hydrogen) atoms. The standard InChI is InChI=1S/C15H24N6O2.HI/c1-15(10-23-11-15)9-17-14(16-2)20-4-5-21(13(22)8-20)12-6-18-19(3)7-12;/h6-7H,4-5,8-11H2,1-3H3,(H,16,17);1H. The summed E-state index contributed by atoms with van der Waals surface area (Å²) in [5.41, 5.74) is 1.01. The molecule has 1 N–H and O–H groups in total. The van der Waals surface area contributed by atoms with Crippen LogP contribution in [0, 0.1) is 5.41 Å². The molecule has 0 saturated carbocycles. The Morgan fingerprint density at radius 2 is 2.21 bits per heavy atom. The van der Waals surface area contributed by atoms with Gasteiger partial charge in [-0.05, 0) is 0 Å². The summed E-state index contributed by atoms with van der Waals surface area (Å²) < 4.78 is 6.97. The quantitative estimate of drug-likeness (QED) is 0.409. The number of rotatable bonds is 3. The molecule has 0 aliphatic carbocycles. The van der Waals surface area contributed by atoms with Crippen molar-refractivity contribution in [3.8, 4) is 0 Å². The lowest BCUT2D eigenvalue weighted by Gasteiger charge is -2.40. The van der Waals surface area contributed by atoms with E-state index in [-0.39, 0.29) is 35.3 Å². The fraction of sp³-hybridized carbons (Fsp3) is 0.667. The zero-order valence-electron chi connectivity index (χ0n) is 14.4. The first-order chi connectivity index (χ1) is 11.0. The number of ether oxygens (including phenoxy) is 1. The number of piperazine rings is 1. The van der Waals surface area contributed by atoms with Crippen LogP contribution in [0.25, 0.3) is 0 Å². The molecule has 134 valence electrons. The van der Waals surface area contributed by atoms with Gasteiger partial charge in [-0.1, -0.05) is 6.92 Å². The highest BCUT2D eigenvalue weighted by atomic mass is 127. The lowest BCUT2D eigenvalue weighted by molar-refractivity contribution is -0.120. The minimum atomic E-state index is 0. The number of aromatic nitrogens is 2. The van der Waals surface area contributed by atoms with Gasteiger partial charge in [0.25, 0.3) is 0 Å². The van der Waals surface area contributed by atoms with Gasteiger partial charge in [0.1, 0.15) is 6.54 Å². The van der Waals surface area contributed by atoms with Crippen LogP contribution >= 0.6 is 24.0 Å². The number of anilines is 1. The van der Waals surface area contributed by atoms with Crippen LogP contribution in [0.3, 0.4) is 0 Å². The molecular weight excluding hydrogens is 423 g/mol. The van der Waals surface area contributed by atoms with Crippen LogP contribution in [-0.4, -0.2) is 73.0 Å². The Hall–Kier alpha value is -1.36. The first kappa shape index (κ1) is 19.0. The van der Waals surface area contributed by atoms with E-state index in [4.69, 9.17) is 4.74 Å². The van der Waals surface area contributed by atoms with Crippen LogP contribution in [0.15, 0.2) is 17.4 Å². The van der Waals surface area contributed by atoms with Crippen molar-refractivity contribution in [3.05, 3.63) is 12.4 Å². The first-order valence-corrected chi connectivity index (χ1v) is 7.83. The van der Waals surface area contributed by atoms with Gasteiger partial charge in [-0.2, -0.15) is 5.10 Å². The van der Waals surface area contributed by atoms with Gasteiger partial charge in [-0.15, -0.1) is 24.0 Å². The van der Waals surface area contributed by atoms with Crippen LogP contribution in [0.4, 0.5) is 5.69 Å². The van der Waals surface area contributed by atoms with E-state index < -0.39 is 0 Å². The molecule has 2 saturated heterocycles. The molecule has 0 aromatic carbocycles. The first-order valence-electron chi connectivity index (χ1n) is 7.83. The second-order valence-electron chi connectivity index (χ2n) is 6.54. The minimum absolute atomic E-state index is 0. The van der Waals surface area contributed by atoms with Crippen molar-refractivity contribution < 1.29 is 9.53 Å². The van der Waals surface area contributed by atoms with Gasteiger partial charge in [0, 0.05) is 45.3 Å². The summed E-state index contributed by atoms with van der Waals surface area (Å²) >= 11 is 0. The van der Waals surface area contributed by atoms with Crippen molar-refractivity contribution in [2.75, 3.05) is 51.3 Å². The number of nitrogens with zero attached hydrogens (tertiary/aromatic N) is 5. The smallest absolute Gasteiger partial charge is 0.246 e. The average Bonchev–Trinajstić information content (AvgIpc) is 2.92. The molecular formula is C15H25IN6O2. The van der Waals surface area contributed by atoms with E-state index in [0.29, 0.717) is 13.1 Å². The Balaban J connectivity index is 0.00000208. The van der Waals surface area contributed by atoms with Gasteiger partial charge < -0.3 is 19.9 Å². The van der Waals surface area contributed by atoms with Gasteiger partial charge >= 0.3 is 0 Å². The third kappa shape index (κ3) is 4.00. The van der Waals surface area contributed by atoms with Crippen LogP contribution in [0.2, 0.25) is 0 Å². The summed E-state index contributed by atoms with van der Waals surface area (Å²) in [5.74, 6) is 0.836. The van der Waals surface area contributed by atoms with Gasteiger partial charge in [-0.25, -0.2) is 0 Å². The molecule has 1 amide bonds. The van der Waals surface area contributed by atoms with Crippen LogP contribution in [0.1, 0.15) is 6.92 Å². The lowest BCUT2D eigenvalue weighted by atomic mass is 9.89. The molecule has 0 unspecified atom stereocenters. The number of aryl methyl sites for hydroxylation is 1. The molecule has 3 rings (SSSR count). The summed E-state index contributed by atoms with van der Waals surface area (Å²) in [7, 11) is 3.60. The number of hydrogen-bond acceptors (Lipinski definition) is 4. The van der Waals surface area contributed by atoms with Crippen molar-refractivity contribution in [2.24, 2.45) is 17.5 Å². The number of guanidine groups is 1. The Morgan fingerprint density at radius 3 is 2.71 bits per heavy atom. The number of nitrogens with one attached hydrogen (secondary N) is 1. The third-order valence-corrected chi connectivity index (χ3v) is 4.31. The van der Waals surface area contributed by atoms with Crippen molar-refractivity contribution in [1.29, 1.82) is 0 Å². The fourth-order valence-corrected chi connectivity index (χ4v) is 2.85. The van der Waals surface area contributed by atoms with Crippen molar-refractivity contribution in [1.82, 2.24) is 20.0 Å². The van der Waals surface area contributed by atoms with Crippen molar-refractivity contribution in [2.45, 2.75) is 6.92 Å². The molecule has 9 heteroatoms. The monoisotopic (exact) mass is 448 g/mol. The SMILES string of the molecule is CN=C(NCC1(C)COC1)N1CCN(c2cnn(C)c2)C(=O)C1.I. The summed E-state index contributed by atoms with van der Waals surface area (Å²) in [5, 5.41) is 7.50. The predicted octanol–water partition coefficient (Wildman–Crippen LogP) is 0.299. The molecule has 0 atom stereocenters. The van der Waals surface area contributed by atoms with Gasteiger partial charge in [0.2, 0.25) is 5.91 Å². The molecule has 0 spiro atoms. The maximum atomic E-state index is 12.4. The molecule has 2 aliphatic rings. The Labute approximate surface area is 159 Å². The number of hydrogen-bond donors (Lipinski definition) is 1. The van der Waals surface area contributed by atoms with E-state index in [1.54, 1.807) is 22.8 Å². The zero-order valence-corrected chi connectivity index (χ0v) is 16.7. The lowest BCUT2D eigenvalue weighted by Crippen LogP contribution is -2.57. The fourth-order valence-electron chi connectivity index (χ4n) is 2.85. The van der Waals surface area contributed by atoms with E-state index in [0.717, 1.165) is 38.0 Å². The number of carbonyl (C=O) groups excluding carboxylic acids is 1. The molecule has 2 fully saturated rings. The molecule has 0 radical (unpaired) electrons. The number of halogens is 1. The summed E-state index contributed by atoms with van der Waals surface area (Å²) in [4.78, 5) is 20.5. The minimum Gasteiger partial charge on any atom is -0.380 e. The van der Waals surface area contributed by atoms with E-state index in [1.165, 1.54) is 0 Å². The zero-order chi connectivity index (χ0) is 16.4. The van der Waals surface area contributed by atoms with Crippen LogP contribution in [0.5, 0.6) is 0 Å².